The molecule has 0 aliphatic carbocycles. The molecule has 7 nitrogen and oxygen atoms in total. The normalized spacial score (nSPS) is 19.3. The molecule has 0 bridgehead atoms. The largest absolute Gasteiger partial charge is 0.515 e. The molecule has 2 aliphatic heterocycles. The van der Waals surface area contributed by atoms with E-state index in [4.69, 9.17) is 14.2 Å². The maximum absolute atomic E-state index is 12.4. The van der Waals surface area contributed by atoms with E-state index in [1.54, 1.807) is 29.1 Å². The molecule has 0 amide bonds. The highest BCUT2D eigenvalue weighted by Crippen LogP contribution is 2.41. The van der Waals surface area contributed by atoms with Crippen LogP contribution in [0.25, 0.3) is 5.57 Å². The van der Waals surface area contributed by atoms with Gasteiger partial charge in [-0.1, -0.05) is 19.1 Å². The number of hydrogen-bond donors (Lipinski definition) is 1. The maximum Gasteiger partial charge on any atom is 0.515 e. The first-order valence-electron chi connectivity index (χ1n) is 10.7. The van der Waals surface area contributed by atoms with Gasteiger partial charge in [-0.3, -0.25) is 5.01 Å². The molecule has 1 unspecified atom stereocenters. The molecule has 1 atom stereocenters. The summed E-state index contributed by atoms with van der Waals surface area (Å²) < 4.78 is 52.6. The fourth-order valence-electron chi connectivity index (χ4n) is 4.20. The van der Waals surface area contributed by atoms with Crippen LogP contribution in [0.1, 0.15) is 48.9 Å². The molecule has 2 heterocycles. The van der Waals surface area contributed by atoms with Crippen molar-refractivity contribution in [2.24, 2.45) is 0 Å². The van der Waals surface area contributed by atoms with Crippen molar-refractivity contribution >= 4 is 11.7 Å². The number of ether oxygens (including phenoxy) is 3. The fraction of sp³-hybridized carbons (Fsp3) is 0.591. The maximum atomic E-state index is 12.4. The van der Waals surface area contributed by atoms with Gasteiger partial charge in [-0.2, -0.15) is 18.2 Å². The highest BCUT2D eigenvalue weighted by atomic mass is 19.4. The van der Waals surface area contributed by atoms with E-state index in [1.165, 1.54) is 0 Å². The standard InChI is InChI=1S/C22H29F3N2O5/c1-4-16-11-15(12-30-13-22(23,24)25)10-14(3)17(16)18-19(28)26-8-6-7-9-27(26)20(18)32-21(29)31-5-2/h10-11,19,28H,4-9,12-13H2,1-3H3. The number of nitrogens with zero attached hydrogens (tertiary/aromatic N) is 2. The smallest absolute Gasteiger partial charge is 0.434 e. The van der Waals surface area contributed by atoms with Crippen LogP contribution in [0, 0.1) is 6.92 Å². The fourth-order valence-corrected chi connectivity index (χ4v) is 4.20. The lowest BCUT2D eigenvalue weighted by atomic mass is 9.91. The number of alkyl halides is 3. The van der Waals surface area contributed by atoms with Gasteiger partial charge in [-0.25, -0.2) is 4.79 Å². The number of fused-ring (bicyclic) bond motifs is 1. The number of aliphatic hydroxyl groups is 1. The van der Waals surface area contributed by atoms with Crippen molar-refractivity contribution in [1.82, 2.24) is 10.0 Å². The first kappa shape index (κ1) is 24.3. The SMILES string of the molecule is CCOC(=O)OC1=C(c2c(C)cc(COCC(F)(F)F)cc2CC)C(O)N2CCCCN12. The second-order valence-electron chi connectivity index (χ2n) is 7.78. The summed E-state index contributed by atoms with van der Waals surface area (Å²) in [6, 6.07) is 3.51. The number of rotatable bonds is 7. The summed E-state index contributed by atoms with van der Waals surface area (Å²) in [5.74, 6) is 0.231. The lowest BCUT2D eigenvalue weighted by molar-refractivity contribution is -0.176. The summed E-state index contributed by atoms with van der Waals surface area (Å²) in [5.41, 5.74) is 3.34. The number of carbonyl (C=O) groups is 1. The zero-order valence-corrected chi connectivity index (χ0v) is 18.5. The van der Waals surface area contributed by atoms with Crippen LogP contribution in [0.2, 0.25) is 0 Å². The van der Waals surface area contributed by atoms with Crippen molar-refractivity contribution < 1.29 is 37.3 Å². The summed E-state index contributed by atoms with van der Waals surface area (Å²) in [6.07, 6.45) is -3.93. The Balaban J connectivity index is 2.00. The molecule has 0 saturated carbocycles. The number of hydrazine groups is 1. The molecule has 10 heteroatoms. The van der Waals surface area contributed by atoms with E-state index < -0.39 is 25.2 Å². The second kappa shape index (κ2) is 10.1. The van der Waals surface area contributed by atoms with Crippen LogP contribution in [0.15, 0.2) is 18.0 Å². The van der Waals surface area contributed by atoms with Gasteiger partial charge in [0.1, 0.15) is 6.61 Å². The van der Waals surface area contributed by atoms with E-state index in [-0.39, 0.29) is 19.1 Å². The average molecular weight is 458 g/mol. The van der Waals surface area contributed by atoms with Crippen molar-refractivity contribution in [2.45, 2.75) is 59.0 Å². The van der Waals surface area contributed by atoms with Crippen LogP contribution in [-0.4, -0.2) is 60.0 Å². The van der Waals surface area contributed by atoms with Crippen LogP contribution in [0.4, 0.5) is 18.0 Å². The Morgan fingerprint density at radius 2 is 1.94 bits per heavy atom. The topological polar surface area (TPSA) is 71.5 Å². The van der Waals surface area contributed by atoms with Gasteiger partial charge in [-0.05, 0) is 55.4 Å². The lowest BCUT2D eigenvalue weighted by Crippen LogP contribution is -2.47. The molecule has 1 fully saturated rings. The highest BCUT2D eigenvalue weighted by molar-refractivity contribution is 5.78. The first-order chi connectivity index (χ1) is 15.2. The number of benzene rings is 1. The van der Waals surface area contributed by atoms with Crippen LogP contribution in [0.3, 0.4) is 0 Å². The summed E-state index contributed by atoms with van der Waals surface area (Å²) in [4.78, 5) is 12.1. The zero-order valence-electron chi connectivity index (χ0n) is 18.5. The van der Waals surface area contributed by atoms with Gasteiger partial charge in [-0.15, -0.1) is 0 Å². The third kappa shape index (κ3) is 5.36. The molecule has 178 valence electrons. The van der Waals surface area contributed by atoms with Crippen LogP contribution in [0.5, 0.6) is 0 Å². The summed E-state index contributed by atoms with van der Waals surface area (Å²) in [6.45, 7) is 5.24. The van der Waals surface area contributed by atoms with Crippen molar-refractivity contribution in [2.75, 3.05) is 26.3 Å². The second-order valence-corrected chi connectivity index (χ2v) is 7.78. The Morgan fingerprint density at radius 3 is 2.59 bits per heavy atom. The number of aryl methyl sites for hydroxylation is 2. The van der Waals surface area contributed by atoms with Crippen molar-refractivity contribution in [1.29, 1.82) is 0 Å². The highest BCUT2D eigenvalue weighted by Gasteiger charge is 2.43. The lowest BCUT2D eigenvalue weighted by Gasteiger charge is -2.36. The minimum Gasteiger partial charge on any atom is -0.434 e. The average Bonchev–Trinajstić information content (AvgIpc) is 2.99. The Labute approximate surface area is 185 Å². The first-order valence-corrected chi connectivity index (χ1v) is 10.7. The zero-order chi connectivity index (χ0) is 23.5. The summed E-state index contributed by atoms with van der Waals surface area (Å²) in [7, 11) is 0. The number of halogens is 3. The molecular formula is C22H29F3N2O5. The van der Waals surface area contributed by atoms with Crippen molar-refractivity contribution in [3.8, 4) is 0 Å². The molecule has 0 radical (unpaired) electrons. The summed E-state index contributed by atoms with van der Waals surface area (Å²) in [5, 5.41) is 14.7. The predicted octanol–water partition coefficient (Wildman–Crippen LogP) is 4.12. The Morgan fingerprint density at radius 1 is 1.22 bits per heavy atom. The molecule has 0 spiro atoms. The van der Waals surface area contributed by atoms with E-state index in [0.29, 0.717) is 36.2 Å². The molecule has 1 aromatic carbocycles. The van der Waals surface area contributed by atoms with Gasteiger partial charge in [0.15, 0.2) is 6.23 Å². The molecule has 2 aliphatic rings. The molecule has 0 aromatic heterocycles. The van der Waals surface area contributed by atoms with Gasteiger partial charge >= 0.3 is 12.3 Å². The molecular weight excluding hydrogens is 429 g/mol. The van der Waals surface area contributed by atoms with Gasteiger partial charge in [0.2, 0.25) is 5.88 Å². The molecule has 3 rings (SSSR count). The minimum atomic E-state index is -4.39. The molecule has 32 heavy (non-hydrogen) atoms. The number of carbonyl (C=O) groups excluding carboxylic acids is 1. The van der Waals surface area contributed by atoms with Crippen LogP contribution >= 0.6 is 0 Å². The predicted molar refractivity (Wildman–Crippen MR) is 110 cm³/mol. The summed E-state index contributed by atoms with van der Waals surface area (Å²) >= 11 is 0. The third-order valence-corrected chi connectivity index (χ3v) is 5.43. The van der Waals surface area contributed by atoms with Gasteiger partial charge in [0, 0.05) is 13.1 Å². The Kier molecular flexibility index (Phi) is 7.68. The minimum absolute atomic E-state index is 0.152. The van der Waals surface area contributed by atoms with Crippen molar-refractivity contribution in [3.63, 3.8) is 0 Å². The quantitative estimate of drug-likeness (QED) is 0.617. The van der Waals surface area contributed by atoms with Crippen molar-refractivity contribution in [3.05, 3.63) is 40.3 Å². The van der Waals surface area contributed by atoms with Gasteiger partial charge in [0.25, 0.3) is 0 Å². The third-order valence-electron chi connectivity index (χ3n) is 5.43. The van der Waals surface area contributed by atoms with Gasteiger partial charge < -0.3 is 19.3 Å². The van der Waals surface area contributed by atoms with E-state index in [1.807, 2.05) is 13.8 Å². The number of aliphatic hydroxyl groups excluding tert-OH is 1. The van der Waals surface area contributed by atoms with Gasteiger partial charge in [0.05, 0.1) is 18.8 Å². The monoisotopic (exact) mass is 458 g/mol. The van der Waals surface area contributed by atoms with Crippen LogP contribution in [-0.2, 0) is 27.2 Å². The molecule has 1 N–H and O–H groups in total. The molecule has 1 saturated heterocycles. The van der Waals surface area contributed by atoms with E-state index >= 15 is 0 Å². The Hall–Kier alpha value is -2.30. The van der Waals surface area contributed by atoms with Crippen LogP contribution < -0.4 is 0 Å². The Bertz CT molecular complexity index is 872. The van der Waals surface area contributed by atoms with E-state index in [0.717, 1.165) is 24.0 Å². The van der Waals surface area contributed by atoms with E-state index in [2.05, 4.69) is 0 Å². The van der Waals surface area contributed by atoms with E-state index in [9.17, 15) is 23.1 Å². The molecule has 1 aromatic rings. The number of hydrogen-bond acceptors (Lipinski definition) is 7.